The minimum absolute atomic E-state index is 0.339. The Kier molecular flexibility index (Phi) is 2.20. The molecule has 2 nitrogen and oxygen atoms in total. The Morgan fingerprint density at radius 1 is 1.36 bits per heavy atom. The fourth-order valence-electron chi connectivity index (χ4n) is 1.60. The molecule has 0 bridgehead atoms. The monoisotopic (exact) mass is 190 g/mol. The van der Waals surface area contributed by atoms with E-state index in [1.807, 2.05) is 19.1 Å². The Hall–Kier alpha value is -1.44. The van der Waals surface area contributed by atoms with E-state index in [-0.39, 0.29) is 0 Å². The molecular formula is C12H14O2. The molecule has 0 spiro atoms. The molecule has 1 aliphatic heterocycles. The van der Waals surface area contributed by atoms with Crippen molar-refractivity contribution in [3.8, 4) is 11.5 Å². The molecule has 0 amide bonds. The number of rotatable bonds is 2. The Bertz CT molecular complexity index is 380. The Morgan fingerprint density at radius 2 is 2.00 bits per heavy atom. The molecule has 1 heterocycles. The average Bonchev–Trinajstić information content (AvgIpc) is 2.51. The summed E-state index contributed by atoms with van der Waals surface area (Å²) in [5.74, 6) is 1.71. The summed E-state index contributed by atoms with van der Waals surface area (Å²) in [6.07, 6.45) is 0.905. The van der Waals surface area contributed by atoms with Crippen LogP contribution in [0.4, 0.5) is 0 Å². The molecule has 0 aromatic heterocycles. The SMILES string of the molecule is C=C(C)Cc1cc2c(cc1C)OCO2. The fourth-order valence-corrected chi connectivity index (χ4v) is 1.60. The van der Waals surface area contributed by atoms with Gasteiger partial charge in [-0.25, -0.2) is 0 Å². The average molecular weight is 190 g/mol. The first-order valence-electron chi connectivity index (χ1n) is 4.70. The maximum Gasteiger partial charge on any atom is 0.231 e. The number of hydrogen-bond donors (Lipinski definition) is 0. The van der Waals surface area contributed by atoms with Crippen LogP contribution in [0.3, 0.4) is 0 Å². The summed E-state index contributed by atoms with van der Waals surface area (Å²) in [5.41, 5.74) is 3.66. The van der Waals surface area contributed by atoms with Gasteiger partial charge in [0, 0.05) is 0 Å². The zero-order valence-electron chi connectivity index (χ0n) is 8.59. The Balaban J connectivity index is 2.37. The van der Waals surface area contributed by atoms with Crippen molar-refractivity contribution >= 4 is 0 Å². The predicted molar refractivity (Wildman–Crippen MR) is 55.8 cm³/mol. The van der Waals surface area contributed by atoms with Crippen molar-refractivity contribution in [2.45, 2.75) is 20.3 Å². The first-order valence-corrected chi connectivity index (χ1v) is 4.70. The lowest BCUT2D eigenvalue weighted by Crippen LogP contribution is -1.93. The van der Waals surface area contributed by atoms with Crippen molar-refractivity contribution in [2.24, 2.45) is 0 Å². The maximum absolute atomic E-state index is 5.32. The van der Waals surface area contributed by atoms with Crippen molar-refractivity contribution in [1.82, 2.24) is 0 Å². The van der Waals surface area contributed by atoms with Crippen LogP contribution in [0, 0.1) is 6.92 Å². The van der Waals surface area contributed by atoms with Gasteiger partial charge in [0.15, 0.2) is 11.5 Å². The van der Waals surface area contributed by atoms with Crippen molar-refractivity contribution < 1.29 is 9.47 Å². The van der Waals surface area contributed by atoms with E-state index in [1.54, 1.807) is 0 Å². The molecule has 2 rings (SSSR count). The van der Waals surface area contributed by atoms with Crippen LogP contribution in [0.15, 0.2) is 24.3 Å². The summed E-state index contributed by atoms with van der Waals surface area (Å²) in [6, 6.07) is 4.08. The van der Waals surface area contributed by atoms with Crippen LogP contribution >= 0.6 is 0 Å². The highest BCUT2D eigenvalue weighted by atomic mass is 16.7. The summed E-state index contributed by atoms with van der Waals surface area (Å²) in [7, 11) is 0. The number of ether oxygens (including phenoxy) is 2. The van der Waals surface area contributed by atoms with Crippen molar-refractivity contribution in [2.75, 3.05) is 6.79 Å². The van der Waals surface area contributed by atoms with Crippen LogP contribution in [-0.2, 0) is 6.42 Å². The molecule has 14 heavy (non-hydrogen) atoms. The highest BCUT2D eigenvalue weighted by Gasteiger charge is 2.15. The quantitative estimate of drug-likeness (QED) is 0.667. The highest BCUT2D eigenvalue weighted by Crippen LogP contribution is 2.35. The lowest BCUT2D eigenvalue weighted by Gasteiger charge is -2.06. The normalized spacial score (nSPS) is 13.0. The van der Waals surface area contributed by atoms with Crippen LogP contribution in [0.25, 0.3) is 0 Å². The van der Waals surface area contributed by atoms with Gasteiger partial charge in [-0.05, 0) is 43.5 Å². The van der Waals surface area contributed by atoms with Gasteiger partial charge in [-0.3, -0.25) is 0 Å². The Morgan fingerprint density at radius 3 is 2.64 bits per heavy atom. The molecule has 0 radical (unpaired) electrons. The van der Waals surface area contributed by atoms with Gasteiger partial charge in [-0.1, -0.05) is 12.2 Å². The molecule has 74 valence electrons. The minimum Gasteiger partial charge on any atom is -0.454 e. The molecule has 0 saturated carbocycles. The molecule has 0 saturated heterocycles. The third-order valence-corrected chi connectivity index (χ3v) is 2.32. The highest BCUT2D eigenvalue weighted by molar-refractivity contribution is 5.49. The van der Waals surface area contributed by atoms with E-state index in [9.17, 15) is 0 Å². The first kappa shape index (κ1) is 9.13. The van der Waals surface area contributed by atoms with Crippen LogP contribution in [-0.4, -0.2) is 6.79 Å². The van der Waals surface area contributed by atoms with Crippen molar-refractivity contribution in [3.05, 3.63) is 35.4 Å². The smallest absolute Gasteiger partial charge is 0.231 e. The maximum atomic E-state index is 5.32. The number of allylic oxidation sites excluding steroid dienone is 1. The molecule has 0 N–H and O–H groups in total. The molecule has 1 aromatic rings. The fraction of sp³-hybridized carbons (Fsp3) is 0.333. The number of fused-ring (bicyclic) bond motifs is 1. The van der Waals surface area contributed by atoms with E-state index >= 15 is 0 Å². The van der Waals surface area contributed by atoms with Gasteiger partial charge in [0.25, 0.3) is 0 Å². The second kappa shape index (κ2) is 3.37. The van der Waals surface area contributed by atoms with Crippen LogP contribution in [0.5, 0.6) is 11.5 Å². The standard InChI is InChI=1S/C12H14O2/c1-8(2)4-10-6-12-11(5-9(10)3)13-7-14-12/h5-6H,1,4,7H2,2-3H3. The van der Waals surface area contributed by atoms with E-state index in [2.05, 4.69) is 13.5 Å². The second-order valence-corrected chi connectivity index (χ2v) is 3.77. The number of hydrogen-bond acceptors (Lipinski definition) is 2. The zero-order chi connectivity index (χ0) is 10.1. The van der Waals surface area contributed by atoms with Crippen LogP contribution in [0.2, 0.25) is 0 Å². The van der Waals surface area contributed by atoms with Gasteiger partial charge in [-0.2, -0.15) is 0 Å². The van der Waals surface area contributed by atoms with Gasteiger partial charge in [-0.15, -0.1) is 0 Å². The molecule has 0 fully saturated rings. The molecule has 0 atom stereocenters. The second-order valence-electron chi connectivity index (χ2n) is 3.77. The third-order valence-electron chi connectivity index (χ3n) is 2.32. The topological polar surface area (TPSA) is 18.5 Å². The van der Waals surface area contributed by atoms with Gasteiger partial charge in [0.2, 0.25) is 6.79 Å². The molecule has 2 heteroatoms. The third kappa shape index (κ3) is 1.60. The van der Waals surface area contributed by atoms with E-state index in [0.29, 0.717) is 6.79 Å². The molecular weight excluding hydrogens is 176 g/mol. The summed E-state index contributed by atoms with van der Waals surface area (Å²) >= 11 is 0. The van der Waals surface area contributed by atoms with Gasteiger partial charge in [0.05, 0.1) is 0 Å². The largest absolute Gasteiger partial charge is 0.454 e. The number of aryl methyl sites for hydroxylation is 1. The molecule has 0 unspecified atom stereocenters. The van der Waals surface area contributed by atoms with E-state index in [4.69, 9.17) is 9.47 Å². The molecule has 0 aliphatic carbocycles. The van der Waals surface area contributed by atoms with Crippen LogP contribution < -0.4 is 9.47 Å². The minimum atomic E-state index is 0.339. The predicted octanol–water partition coefficient (Wildman–Crippen LogP) is 2.84. The zero-order valence-corrected chi connectivity index (χ0v) is 8.59. The van der Waals surface area contributed by atoms with Gasteiger partial charge in [0.1, 0.15) is 0 Å². The van der Waals surface area contributed by atoms with Crippen molar-refractivity contribution in [3.63, 3.8) is 0 Å². The molecule has 1 aromatic carbocycles. The van der Waals surface area contributed by atoms with E-state index in [0.717, 1.165) is 23.5 Å². The molecule has 1 aliphatic rings. The summed E-state index contributed by atoms with van der Waals surface area (Å²) in [5, 5.41) is 0. The van der Waals surface area contributed by atoms with Crippen LogP contribution in [0.1, 0.15) is 18.1 Å². The van der Waals surface area contributed by atoms with E-state index in [1.165, 1.54) is 11.1 Å². The lowest BCUT2D eigenvalue weighted by molar-refractivity contribution is 0.174. The van der Waals surface area contributed by atoms with E-state index < -0.39 is 0 Å². The first-order chi connectivity index (χ1) is 6.66. The van der Waals surface area contributed by atoms with Gasteiger partial charge >= 0.3 is 0 Å². The number of benzene rings is 1. The van der Waals surface area contributed by atoms with Gasteiger partial charge < -0.3 is 9.47 Å². The van der Waals surface area contributed by atoms with Crippen molar-refractivity contribution in [1.29, 1.82) is 0 Å². The summed E-state index contributed by atoms with van der Waals surface area (Å²) < 4.78 is 10.6. The summed E-state index contributed by atoms with van der Waals surface area (Å²) in [4.78, 5) is 0. The Labute approximate surface area is 84.2 Å². The summed E-state index contributed by atoms with van der Waals surface area (Å²) in [6.45, 7) is 8.37. The lowest BCUT2D eigenvalue weighted by atomic mass is 10.0.